The van der Waals surface area contributed by atoms with Crippen molar-refractivity contribution in [2.45, 2.75) is 13.3 Å². The number of nitrogens with zero attached hydrogens (tertiary/aromatic N) is 2. The Morgan fingerprint density at radius 2 is 2.11 bits per heavy atom. The number of ether oxygens (including phenoxy) is 1. The average molecular weight is 266 g/mol. The molecule has 0 unspecified atom stereocenters. The summed E-state index contributed by atoms with van der Waals surface area (Å²) in [6.07, 6.45) is -5.18. The zero-order chi connectivity index (χ0) is 14.1. The molecular weight excluding hydrogens is 261 g/mol. The van der Waals surface area contributed by atoms with E-state index < -0.39 is 34.4 Å². The molecule has 0 saturated heterocycles. The highest BCUT2D eigenvalue weighted by atomic mass is 19.4. The molecule has 7 nitrogen and oxygen atoms in total. The summed E-state index contributed by atoms with van der Waals surface area (Å²) in [5.41, 5.74) is -0.899. The number of carboxylic acids is 1. The van der Waals surface area contributed by atoms with E-state index in [0.717, 1.165) is 6.92 Å². The zero-order valence-electron chi connectivity index (χ0n) is 8.69. The molecule has 0 bridgehead atoms. The van der Waals surface area contributed by atoms with E-state index in [9.17, 15) is 28.1 Å². The zero-order valence-corrected chi connectivity index (χ0v) is 8.69. The molecule has 18 heavy (non-hydrogen) atoms. The first-order valence-electron chi connectivity index (χ1n) is 4.27. The van der Waals surface area contributed by atoms with Crippen LogP contribution in [0.15, 0.2) is 6.07 Å². The minimum atomic E-state index is -5.18. The lowest BCUT2D eigenvalue weighted by Gasteiger charge is -2.09. The second-order valence-electron chi connectivity index (χ2n) is 3.05. The van der Waals surface area contributed by atoms with Gasteiger partial charge in [-0.15, -0.1) is 13.2 Å². The first kappa shape index (κ1) is 13.7. The minimum Gasteiger partial charge on any atom is -0.478 e. The molecule has 0 aliphatic heterocycles. The van der Waals surface area contributed by atoms with Crippen LogP contribution in [-0.4, -0.2) is 27.3 Å². The quantitative estimate of drug-likeness (QED) is 0.662. The van der Waals surface area contributed by atoms with Gasteiger partial charge in [0.05, 0.1) is 0 Å². The maximum Gasteiger partial charge on any atom is 0.573 e. The van der Waals surface area contributed by atoms with Gasteiger partial charge in [-0.3, -0.25) is 0 Å². The number of nitro groups is 1. The lowest BCUT2D eigenvalue weighted by atomic mass is 10.2. The van der Waals surface area contributed by atoms with Crippen molar-refractivity contribution in [1.29, 1.82) is 0 Å². The smallest absolute Gasteiger partial charge is 0.478 e. The predicted molar refractivity (Wildman–Crippen MR) is 49.3 cm³/mol. The van der Waals surface area contributed by atoms with Crippen molar-refractivity contribution in [3.8, 4) is 5.75 Å². The topological polar surface area (TPSA) is 103 Å². The van der Waals surface area contributed by atoms with E-state index in [1.807, 2.05) is 0 Å². The highest BCUT2D eigenvalue weighted by Gasteiger charge is 2.36. The van der Waals surface area contributed by atoms with Crippen LogP contribution >= 0.6 is 0 Å². The Labute approximate surface area is 97.0 Å². The van der Waals surface area contributed by atoms with Crippen LogP contribution in [0.2, 0.25) is 0 Å². The van der Waals surface area contributed by atoms with Crippen molar-refractivity contribution in [3.05, 3.63) is 27.4 Å². The molecule has 10 heteroatoms. The number of hydrogen-bond acceptors (Lipinski definition) is 5. The Bertz CT molecular complexity index is 514. The number of aromatic nitrogens is 1. The van der Waals surface area contributed by atoms with Crippen molar-refractivity contribution in [2.24, 2.45) is 0 Å². The molecular formula is C8H5F3N2O5. The van der Waals surface area contributed by atoms with Crippen LogP contribution < -0.4 is 4.74 Å². The fraction of sp³-hybridized carbons (Fsp3) is 0.250. The van der Waals surface area contributed by atoms with Gasteiger partial charge in [-0.1, -0.05) is 0 Å². The van der Waals surface area contributed by atoms with Gasteiger partial charge < -0.3 is 20.0 Å². The largest absolute Gasteiger partial charge is 0.573 e. The Kier molecular flexibility index (Phi) is 3.39. The molecule has 0 aliphatic rings. The Morgan fingerprint density at radius 1 is 1.56 bits per heavy atom. The normalized spacial score (nSPS) is 11.1. The molecule has 0 amide bonds. The molecule has 0 spiro atoms. The summed E-state index contributed by atoms with van der Waals surface area (Å²) in [6, 6.07) is 0.413. The van der Waals surface area contributed by atoms with E-state index in [1.54, 1.807) is 0 Å². The summed E-state index contributed by atoms with van der Waals surface area (Å²) in [6.45, 7) is 1.12. The maximum absolute atomic E-state index is 12.0. The third kappa shape index (κ3) is 3.06. The second kappa shape index (κ2) is 4.47. The molecule has 0 atom stereocenters. The molecule has 1 rings (SSSR count). The standard InChI is InChI=1S/C8H5F3N2O5/c1-3-4(7(14)15)2-5(18-8(9,10)11)6(12-3)13(16)17/h2H,1H3,(H,14,15). The lowest BCUT2D eigenvalue weighted by molar-refractivity contribution is -0.393. The van der Waals surface area contributed by atoms with E-state index >= 15 is 0 Å². The molecule has 0 aromatic carbocycles. The van der Waals surface area contributed by atoms with E-state index in [1.165, 1.54) is 0 Å². The predicted octanol–water partition coefficient (Wildman–Crippen LogP) is 1.90. The summed E-state index contributed by atoms with van der Waals surface area (Å²) in [5, 5.41) is 19.2. The summed E-state index contributed by atoms with van der Waals surface area (Å²) >= 11 is 0. The fourth-order valence-electron chi connectivity index (χ4n) is 1.12. The van der Waals surface area contributed by atoms with E-state index in [4.69, 9.17) is 5.11 Å². The van der Waals surface area contributed by atoms with Crippen LogP contribution in [0.4, 0.5) is 19.0 Å². The number of pyridine rings is 1. The van der Waals surface area contributed by atoms with Gasteiger partial charge in [0.2, 0.25) is 5.75 Å². The van der Waals surface area contributed by atoms with Gasteiger partial charge in [-0.2, -0.15) is 0 Å². The summed E-state index contributed by atoms with van der Waals surface area (Å²) in [5.74, 6) is -4.03. The SMILES string of the molecule is Cc1nc([N+](=O)[O-])c(OC(F)(F)F)cc1C(=O)O. The molecule has 0 saturated carbocycles. The van der Waals surface area contributed by atoms with E-state index in [-0.39, 0.29) is 5.69 Å². The number of hydrogen-bond donors (Lipinski definition) is 1. The van der Waals surface area contributed by atoms with Crippen LogP contribution in [0.3, 0.4) is 0 Å². The fourth-order valence-corrected chi connectivity index (χ4v) is 1.12. The van der Waals surface area contributed by atoms with Gasteiger partial charge in [0.25, 0.3) is 0 Å². The maximum atomic E-state index is 12.0. The van der Waals surface area contributed by atoms with Crippen LogP contribution in [0, 0.1) is 17.0 Å². The Hall–Kier alpha value is -2.39. The highest BCUT2D eigenvalue weighted by Crippen LogP contribution is 2.32. The van der Waals surface area contributed by atoms with E-state index in [0.29, 0.717) is 6.07 Å². The number of alkyl halides is 3. The van der Waals surface area contributed by atoms with E-state index in [2.05, 4.69) is 9.72 Å². The summed E-state index contributed by atoms with van der Waals surface area (Å²) in [7, 11) is 0. The molecule has 1 N–H and O–H groups in total. The summed E-state index contributed by atoms with van der Waals surface area (Å²) in [4.78, 5) is 23.1. The van der Waals surface area contributed by atoms with Crippen molar-refractivity contribution in [3.63, 3.8) is 0 Å². The molecule has 0 radical (unpaired) electrons. The van der Waals surface area contributed by atoms with Crippen molar-refractivity contribution < 1.29 is 32.7 Å². The monoisotopic (exact) mass is 266 g/mol. The minimum absolute atomic E-state index is 0.288. The number of halogens is 3. The molecule has 1 aromatic rings. The van der Waals surface area contributed by atoms with Crippen LogP contribution in [0.5, 0.6) is 5.75 Å². The first-order chi connectivity index (χ1) is 8.11. The molecule has 1 aromatic heterocycles. The van der Waals surface area contributed by atoms with Gasteiger partial charge in [-0.05, 0) is 9.91 Å². The van der Waals surface area contributed by atoms with Crippen molar-refractivity contribution >= 4 is 11.8 Å². The van der Waals surface area contributed by atoms with Crippen LogP contribution in [0.1, 0.15) is 16.1 Å². The molecule has 0 aliphatic carbocycles. The highest BCUT2D eigenvalue weighted by molar-refractivity contribution is 5.89. The number of rotatable bonds is 3. The second-order valence-corrected chi connectivity index (χ2v) is 3.05. The third-order valence-corrected chi connectivity index (χ3v) is 1.79. The molecule has 98 valence electrons. The number of aromatic carboxylic acids is 1. The third-order valence-electron chi connectivity index (χ3n) is 1.79. The molecule has 0 fully saturated rings. The van der Waals surface area contributed by atoms with Gasteiger partial charge in [-0.25, -0.2) is 4.79 Å². The van der Waals surface area contributed by atoms with Crippen molar-refractivity contribution in [2.75, 3.05) is 0 Å². The average Bonchev–Trinajstić information content (AvgIpc) is 2.17. The van der Waals surface area contributed by atoms with Crippen molar-refractivity contribution in [1.82, 2.24) is 4.98 Å². The Morgan fingerprint density at radius 3 is 2.50 bits per heavy atom. The number of carbonyl (C=O) groups is 1. The van der Waals surface area contributed by atoms with Gasteiger partial charge in [0.1, 0.15) is 5.56 Å². The first-order valence-corrected chi connectivity index (χ1v) is 4.27. The van der Waals surface area contributed by atoms with Gasteiger partial charge in [0, 0.05) is 13.0 Å². The van der Waals surface area contributed by atoms with Gasteiger partial charge in [0.15, 0.2) is 5.69 Å². The van der Waals surface area contributed by atoms with Crippen LogP contribution in [-0.2, 0) is 0 Å². The number of carboxylic acid groups (broad SMARTS) is 1. The molecule has 1 heterocycles. The summed E-state index contributed by atoms with van der Waals surface area (Å²) < 4.78 is 39.4. The lowest BCUT2D eigenvalue weighted by Crippen LogP contribution is -2.19. The number of aryl methyl sites for hydroxylation is 1. The van der Waals surface area contributed by atoms with Gasteiger partial charge >= 0.3 is 18.1 Å². The Balaban J connectivity index is 3.40. The van der Waals surface area contributed by atoms with Crippen LogP contribution in [0.25, 0.3) is 0 Å².